The van der Waals surface area contributed by atoms with Crippen molar-refractivity contribution in [2.24, 2.45) is 0 Å². The van der Waals surface area contributed by atoms with E-state index < -0.39 is 9.84 Å². The van der Waals surface area contributed by atoms with E-state index in [2.05, 4.69) is 20.6 Å². The Morgan fingerprint density at radius 3 is 2.88 bits per heavy atom. The molecule has 3 aromatic rings. The number of oxazole rings is 1. The average Bonchev–Trinajstić information content (AvgIpc) is 3.30. The Balaban J connectivity index is 1.82. The van der Waals surface area contributed by atoms with Crippen LogP contribution in [0.2, 0.25) is 0 Å². The van der Waals surface area contributed by atoms with Gasteiger partial charge in [-0.25, -0.2) is 18.1 Å². The number of aromatic nitrogens is 4. The number of rotatable bonds is 8. The van der Waals surface area contributed by atoms with Gasteiger partial charge in [-0.05, 0) is 18.2 Å². The molecule has 2 heterocycles. The van der Waals surface area contributed by atoms with Gasteiger partial charge in [-0.2, -0.15) is 0 Å². The first-order chi connectivity index (χ1) is 12.1. The van der Waals surface area contributed by atoms with Gasteiger partial charge in [-0.1, -0.05) is 12.1 Å². The summed E-state index contributed by atoms with van der Waals surface area (Å²) in [5, 5.41) is 10.5. The van der Waals surface area contributed by atoms with Gasteiger partial charge in [0.05, 0.1) is 35.3 Å². The van der Waals surface area contributed by atoms with Gasteiger partial charge in [0.1, 0.15) is 18.6 Å². The Bertz CT molecular complexity index is 908. The van der Waals surface area contributed by atoms with Gasteiger partial charge < -0.3 is 14.5 Å². The largest absolute Gasteiger partial charge is 0.489 e. The zero-order valence-electron chi connectivity index (χ0n) is 13.5. The molecule has 2 aromatic heterocycles. The van der Waals surface area contributed by atoms with Gasteiger partial charge in [-0.15, -0.1) is 5.10 Å². The van der Waals surface area contributed by atoms with Crippen LogP contribution in [0.1, 0.15) is 6.92 Å². The Morgan fingerprint density at radius 1 is 1.32 bits per heavy atom. The first-order valence-corrected chi connectivity index (χ1v) is 9.24. The standard InChI is InChI=1S/C15H17N5O4S/c1-2-25(21,22)12-3-4-14(23-10-8-20-7-5-17-19-20)13(11-12)18-15-16-6-9-24-15/h3-7,9,11H,2,8,10H2,1H3,(H,16,18). The van der Waals surface area contributed by atoms with Crippen molar-refractivity contribution in [3.63, 3.8) is 0 Å². The molecular weight excluding hydrogens is 346 g/mol. The smallest absolute Gasteiger partial charge is 0.299 e. The summed E-state index contributed by atoms with van der Waals surface area (Å²) in [6, 6.07) is 4.88. The summed E-state index contributed by atoms with van der Waals surface area (Å²) in [4.78, 5) is 4.18. The summed E-state index contributed by atoms with van der Waals surface area (Å²) >= 11 is 0. The van der Waals surface area contributed by atoms with E-state index in [4.69, 9.17) is 9.15 Å². The van der Waals surface area contributed by atoms with Crippen LogP contribution in [-0.4, -0.2) is 40.8 Å². The van der Waals surface area contributed by atoms with Gasteiger partial charge in [-0.3, -0.25) is 0 Å². The van der Waals surface area contributed by atoms with Crippen LogP contribution in [0, 0.1) is 0 Å². The van der Waals surface area contributed by atoms with E-state index in [0.29, 0.717) is 24.6 Å². The maximum absolute atomic E-state index is 12.1. The first kappa shape index (κ1) is 17.0. The van der Waals surface area contributed by atoms with Crippen LogP contribution in [0.25, 0.3) is 0 Å². The zero-order chi connectivity index (χ0) is 17.7. The van der Waals surface area contributed by atoms with Crippen LogP contribution >= 0.6 is 0 Å². The average molecular weight is 363 g/mol. The number of benzene rings is 1. The van der Waals surface area contributed by atoms with E-state index in [1.807, 2.05) is 0 Å². The minimum Gasteiger partial charge on any atom is -0.489 e. The molecule has 0 bridgehead atoms. The molecule has 0 amide bonds. The number of hydrogen-bond acceptors (Lipinski definition) is 8. The molecule has 0 aliphatic rings. The Hall–Kier alpha value is -2.88. The molecule has 10 heteroatoms. The van der Waals surface area contributed by atoms with Crippen molar-refractivity contribution in [1.82, 2.24) is 20.0 Å². The zero-order valence-corrected chi connectivity index (χ0v) is 14.3. The fourth-order valence-corrected chi connectivity index (χ4v) is 3.00. The molecule has 9 nitrogen and oxygen atoms in total. The molecule has 0 aliphatic heterocycles. The lowest BCUT2D eigenvalue weighted by Crippen LogP contribution is -2.10. The lowest BCUT2D eigenvalue weighted by Gasteiger charge is -2.13. The fourth-order valence-electron chi connectivity index (χ4n) is 2.09. The first-order valence-electron chi connectivity index (χ1n) is 7.58. The van der Waals surface area contributed by atoms with Crippen molar-refractivity contribution in [1.29, 1.82) is 0 Å². The summed E-state index contributed by atoms with van der Waals surface area (Å²) in [5.41, 5.74) is 0.454. The minimum absolute atomic E-state index is 0.0118. The van der Waals surface area contributed by atoms with Gasteiger partial charge >= 0.3 is 0 Å². The van der Waals surface area contributed by atoms with Gasteiger partial charge in [0.25, 0.3) is 6.01 Å². The predicted molar refractivity (Wildman–Crippen MR) is 89.5 cm³/mol. The van der Waals surface area contributed by atoms with E-state index in [1.54, 1.807) is 30.1 Å². The number of anilines is 2. The predicted octanol–water partition coefficient (Wildman–Crippen LogP) is 1.88. The lowest BCUT2D eigenvalue weighted by atomic mass is 10.3. The normalized spacial score (nSPS) is 11.4. The van der Waals surface area contributed by atoms with Crippen molar-refractivity contribution >= 4 is 21.5 Å². The third-order valence-electron chi connectivity index (χ3n) is 3.41. The molecule has 0 spiro atoms. The topological polar surface area (TPSA) is 112 Å². The maximum Gasteiger partial charge on any atom is 0.299 e. The Morgan fingerprint density at radius 2 is 2.20 bits per heavy atom. The van der Waals surface area contributed by atoms with E-state index in [-0.39, 0.29) is 16.7 Å². The van der Waals surface area contributed by atoms with E-state index in [1.165, 1.54) is 24.6 Å². The molecule has 0 radical (unpaired) electrons. The molecule has 132 valence electrons. The Labute approximate surface area is 144 Å². The van der Waals surface area contributed by atoms with E-state index >= 15 is 0 Å². The number of sulfone groups is 1. The molecule has 0 unspecified atom stereocenters. The van der Waals surface area contributed by atoms with Crippen molar-refractivity contribution in [3.05, 3.63) is 43.1 Å². The summed E-state index contributed by atoms with van der Waals surface area (Å²) < 4.78 is 36.8. The van der Waals surface area contributed by atoms with Crippen LogP contribution < -0.4 is 10.1 Å². The molecule has 25 heavy (non-hydrogen) atoms. The molecule has 1 aromatic carbocycles. The van der Waals surface area contributed by atoms with Gasteiger partial charge in [0.2, 0.25) is 0 Å². The van der Waals surface area contributed by atoms with Crippen LogP contribution in [0.3, 0.4) is 0 Å². The van der Waals surface area contributed by atoms with Crippen LogP contribution in [0.5, 0.6) is 5.75 Å². The highest BCUT2D eigenvalue weighted by Gasteiger charge is 2.16. The molecule has 0 saturated heterocycles. The lowest BCUT2D eigenvalue weighted by molar-refractivity contribution is 0.291. The van der Waals surface area contributed by atoms with Crippen molar-refractivity contribution in [2.45, 2.75) is 18.4 Å². The Kier molecular flexibility index (Phi) is 4.98. The highest BCUT2D eigenvalue weighted by atomic mass is 32.2. The number of ether oxygens (including phenoxy) is 1. The van der Waals surface area contributed by atoms with Crippen LogP contribution in [0.4, 0.5) is 11.7 Å². The molecule has 0 saturated carbocycles. The summed E-state index contributed by atoms with van der Waals surface area (Å²) in [5.74, 6) is 0.492. The quantitative estimate of drug-likeness (QED) is 0.645. The van der Waals surface area contributed by atoms with Crippen molar-refractivity contribution < 1.29 is 17.6 Å². The molecule has 1 N–H and O–H groups in total. The van der Waals surface area contributed by atoms with Crippen molar-refractivity contribution in [2.75, 3.05) is 17.7 Å². The number of hydrogen-bond donors (Lipinski definition) is 1. The highest BCUT2D eigenvalue weighted by Crippen LogP contribution is 2.30. The third-order valence-corrected chi connectivity index (χ3v) is 5.15. The van der Waals surface area contributed by atoms with Crippen molar-refractivity contribution in [3.8, 4) is 5.75 Å². The second-order valence-electron chi connectivity index (χ2n) is 5.04. The summed E-state index contributed by atoms with van der Waals surface area (Å²) in [7, 11) is -3.34. The molecule has 0 fully saturated rings. The van der Waals surface area contributed by atoms with Crippen LogP contribution in [-0.2, 0) is 16.4 Å². The maximum atomic E-state index is 12.1. The van der Waals surface area contributed by atoms with E-state index in [0.717, 1.165) is 0 Å². The summed E-state index contributed by atoms with van der Waals surface area (Å²) in [6.45, 7) is 2.44. The highest BCUT2D eigenvalue weighted by molar-refractivity contribution is 7.91. The molecular formula is C15H17N5O4S. The second-order valence-corrected chi connectivity index (χ2v) is 7.32. The van der Waals surface area contributed by atoms with E-state index in [9.17, 15) is 8.42 Å². The molecule has 3 rings (SSSR count). The second kappa shape index (κ2) is 7.34. The number of nitrogens with one attached hydrogen (secondary N) is 1. The SMILES string of the molecule is CCS(=O)(=O)c1ccc(OCCn2ccnn2)c(Nc2ncco2)c1. The third kappa shape index (κ3) is 4.15. The monoisotopic (exact) mass is 363 g/mol. The molecule has 0 aliphatic carbocycles. The summed E-state index contributed by atoms with van der Waals surface area (Å²) in [6.07, 6.45) is 6.21. The number of nitrogens with zero attached hydrogens (tertiary/aromatic N) is 4. The van der Waals surface area contributed by atoms with Crippen LogP contribution in [0.15, 0.2) is 52.4 Å². The minimum atomic E-state index is -3.34. The van der Waals surface area contributed by atoms with Gasteiger partial charge in [0, 0.05) is 6.20 Å². The van der Waals surface area contributed by atoms with Gasteiger partial charge in [0.15, 0.2) is 9.84 Å². The molecule has 0 atom stereocenters. The fraction of sp³-hybridized carbons (Fsp3) is 0.267.